The number of aromatic amines is 2. The van der Waals surface area contributed by atoms with E-state index < -0.39 is 0 Å². The molecule has 1 saturated heterocycles. The molecule has 0 bridgehead atoms. The molecule has 0 amide bonds. The summed E-state index contributed by atoms with van der Waals surface area (Å²) in [6.07, 6.45) is 6.22. The van der Waals surface area contributed by atoms with Crippen molar-refractivity contribution in [2.24, 2.45) is 5.92 Å². The second-order valence-electron chi connectivity index (χ2n) is 10.9. The summed E-state index contributed by atoms with van der Waals surface area (Å²) in [5.41, 5.74) is 3.98. The smallest absolute Gasteiger partial charge is 0.181 e. The van der Waals surface area contributed by atoms with Gasteiger partial charge in [-0.25, -0.2) is 4.98 Å². The van der Waals surface area contributed by atoms with Crippen molar-refractivity contribution in [1.29, 1.82) is 0 Å². The number of rotatable bonds is 8. The fourth-order valence-corrected chi connectivity index (χ4v) is 5.39. The number of fused-ring (bicyclic) bond motifs is 2. The van der Waals surface area contributed by atoms with E-state index in [-0.39, 0.29) is 0 Å². The van der Waals surface area contributed by atoms with Crippen molar-refractivity contribution in [2.75, 3.05) is 26.2 Å². The molecule has 3 aromatic carbocycles. The molecular formula is C31H36N6O. The third-order valence-electron chi connectivity index (χ3n) is 7.41. The standard InChI is InChI=1S/C31H36N6O/c1-21(2)17-29-32-31(36-34-29)25-10-12-28-27(20-25)30(35-33-28)24-8-7-23-19-26(11-9-22(23)18-24)38-16-15-37-13-5-3-4-6-14-37/h7-12,18-21H,3-6,13-17H2,1-2H3,(H,33,35)(H,32,34,36). The highest BCUT2D eigenvalue weighted by atomic mass is 16.5. The van der Waals surface area contributed by atoms with Crippen LogP contribution in [0.3, 0.4) is 0 Å². The Morgan fingerprint density at radius 3 is 2.47 bits per heavy atom. The van der Waals surface area contributed by atoms with Crippen LogP contribution in [-0.2, 0) is 6.42 Å². The van der Waals surface area contributed by atoms with E-state index in [9.17, 15) is 0 Å². The normalized spacial score (nSPS) is 14.9. The molecule has 0 spiro atoms. The number of H-pyrrole nitrogens is 2. The Morgan fingerprint density at radius 2 is 1.63 bits per heavy atom. The average Bonchev–Trinajstić information content (AvgIpc) is 3.47. The van der Waals surface area contributed by atoms with E-state index in [1.807, 2.05) is 6.07 Å². The highest BCUT2D eigenvalue weighted by molar-refractivity contribution is 5.97. The van der Waals surface area contributed by atoms with Crippen molar-refractivity contribution in [3.8, 4) is 28.4 Å². The number of likely N-dealkylation sites (tertiary alicyclic amines) is 1. The van der Waals surface area contributed by atoms with Crippen LogP contribution in [0.1, 0.15) is 45.4 Å². The number of nitrogens with zero attached hydrogens (tertiary/aromatic N) is 4. The third-order valence-corrected chi connectivity index (χ3v) is 7.41. The summed E-state index contributed by atoms with van der Waals surface area (Å²) < 4.78 is 6.12. The molecule has 0 unspecified atom stereocenters. The molecular weight excluding hydrogens is 472 g/mol. The molecule has 3 heterocycles. The summed E-state index contributed by atoms with van der Waals surface area (Å²) in [4.78, 5) is 7.24. The minimum atomic E-state index is 0.526. The number of ether oxygens (including phenoxy) is 1. The van der Waals surface area contributed by atoms with Gasteiger partial charge in [-0.1, -0.05) is 44.9 Å². The van der Waals surface area contributed by atoms with Gasteiger partial charge in [0.25, 0.3) is 0 Å². The zero-order chi connectivity index (χ0) is 25.9. The van der Waals surface area contributed by atoms with Crippen LogP contribution in [0.15, 0.2) is 54.6 Å². The van der Waals surface area contributed by atoms with E-state index >= 15 is 0 Å². The zero-order valence-electron chi connectivity index (χ0n) is 22.3. The lowest BCUT2D eigenvalue weighted by Gasteiger charge is -2.19. The maximum absolute atomic E-state index is 6.12. The molecule has 196 valence electrons. The molecule has 5 aromatic rings. The Kier molecular flexibility index (Phi) is 7.10. The molecule has 7 heteroatoms. The van der Waals surface area contributed by atoms with Crippen molar-refractivity contribution in [2.45, 2.75) is 46.0 Å². The lowest BCUT2D eigenvalue weighted by Crippen LogP contribution is -2.29. The molecule has 1 fully saturated rings. The van der Waals surface area contributed by atoms with E-state index in [1.165, 1.54) is 49.5 Å². The maximum Gasteiger partial charge on any atom is 0.181 e. The molecule has 1 aliphatic rings. The maximum atomic E-state index is 6.12. The van der Waals surface area contributed by atoms with Gasteiger partial charge >= 0.3 is 0 Å². The average molecular weight is 509 g/mol. The Hall–Kier alpha value is -3.71. The predicted octanol–water partition coefficient (Wildman–Crippen LogP) is 6.62. The van der Waals surface area contributed by atoms with Gasteiger partial charge in [0, 0.05) is 29.5 Å². The Morgan fingerprint density at radius 1 is 0.842 bits per heavy atom. The quantitative estimate of drug-likeness (QED) is 0.246. The molecule has 6 rings (SSSR count). The lowest BCUT2D eigenvalue weighted by molar-refractivity contribution is 0.214. The number of hydrogen-bond donors (Lipinski definition) is 2. The lowest BCUT2D eigenvalue weighted by atomic mass is 10.0. The summed E-state index contributed by atoms with van der Waals surface area (Å²) in [5, 5.41) is 18.8. The first-order valence-corrected chi connectivity index (χ1v) is 13.9. The number of benzene rings is 3. The number of hydrogen-bond acceptors (Lipinski definition) is 5. The molecule has 0 radical (unpaired) electrons. The Bertz CT molecular complexity index is 1530. The van der Waals surface area contributed by atoms with Gasteiger partial charge in [-0.2, -0.15) is 10.2 Å². The summed E-state index contributed by atoms with van der Waals surface area (Å²) in [6.45, 7) is 8.49. The van der Waals surface area contributed by atoms with Gasteiger partial charge < -0.3 is 4.74 Å². The fourth-order valence-electron chi connectivity index (χ4n) is 5.39. The molecule has 38 heavy (non-hydrogen) atoms. The highest BCUT2D eigenvalue weighted by Gasteiger charge is 2.14. The Labute approximate surface area is 223 Å². The largest absolute Gasteiger partial charge is 0.492 e. The van der Waals surface area contributed by atoms with Crippen LogP contribution in [0.2, 0.25) is 0 Å². The summed E-state index contributed by atoms with van der Waals surface area (Å²) in [5.74, 6) is 3.09. The minimum absolute atomic E-state index is 0.526. The topological polar surface area (TPSA) is 82.7 Å². The van der Waals surface area contributed by atoms with Gasteiger partial charge in [-0.15, -0.1) is 0 Å². The van der Waals surface area contributed by atoms with E-state index in [0.29, 0.717) is 5.92 Å². The van der Waals surface area contributed by atoms with Crippen molar-refractivity contribution in [1.82, 2.24) is 30.3 Å². The van der Waals surface area contributed by atoms with Gasteiger partial charge in [0.2, 0.25) is 0 Å². The monoisotopic (exact) mass is 508 g/mol. The number of aromatic nitrogens is 5. The summed E-state index contributed by atoms with van der Waals surface area (Å²) in [7, 11) is 0. The molecule has 0 saturated carbocycles. The molecule has 0 atom stereocenters. The van der Waals surface area contributed by atoms with Crippen LogP contribution >= 0.6 is 0 Å². The first kappa shape index (κ1) is 24.6. The molecule has 2 aromatic heterocycles. The van der Waals surface area contributed by atoms with Crippen molar-refractivity contribution in [3.05, 3.63) is 60.4 Å². The van der Waals surface area contributed by atoms with Gasteiger partial charge in [0.05, 0.1) is 11.2 Å². The van der Waals surface area contributed by atoms with Crippen LogP contribution in [0.25, 0.3) is 44.3 Å². The molecule has 1 aliphatic heterocycles. The second kappa shape index (κ2) is 11.0. The minimum Gasteiger partial charge on any atom is -0.492 e. The summed E-state index contributed by atoms with van der Waals surface area (Å²) >= 11 is 0. The van der Waals surface area contributed by atoms with Gasteiger partial charge in [-0.3, -0.25) is 15.1 Å². The van der Waals surface area contributed by atoms with Gasteiger partial charge in [0.15, 0.2) is 5.82 Å². The molecule has 2 N–H and O–H groups in total. The van der Waals surface area contributed by atoms with Crippen LogP contribution in [0.4, 0.5) is 0 Å². The van der Waals surface area contributed by atoms with Crippen LogP contribution in [0.5, 0.6) is 5.75 Å². The Balaban J connectivity index is 1.20. The van der Waals surface area contributed by atoms with Crippen LogP contribution in [-0.4, -0.2) is 56.5 Å². The predicted molar refractivity (Wildman–Crippen MR) is 153 cm³/mol. The van der Waals surface area contributed by atoms with E-state index in [0.717, 1.165) is 64.7 Å². The van der Waals surface area contributed by atoms with Crippen molar-refractivity contribution in [3.63, 3.8) is 0 Å². The van der Waals surface area contributed by atoms with Crippen molar-refractivity contribution >= 4 is 21.7 Å². The summed E-state index contributed by atoms with van der Waals surface area (Å²) in [6, 6.07) is 19.1. The molecule has 0 aliphatic carbocycles. The van der Waals surface area contributed by atoms with E-state index in [1.54, 1.807) is 0 Å². The fraction of sp³-hybridized carbons (Fsp3) is 0.387. The first-order chi connectivity index (χ1) is 18.6. The van der Waals surface area contributed by atoms with Gasteiger partial charge in [0.1, 0.15) is 18.2 Å². The van der Waals surface area contributed by atoms with Crippen molar-refractivity contribution < 1.29 is 4.74 Å². The SMILES string of the molecule is CC(C)Cc1nc(-c2ccc3[nH]nc(-c4ccc5cc(OCCN6CCCCCC6)ccc5c4)c3c2)n[nH]1. The van der Waals surface area contributed by atoms with E-state index in [4.69, 9.17) is 9.72 Å². The molecule has 7 nitrogen and oxygen atoms in total. The first-order valence-electron chi connectivity index (χ1n) is 13.9. The van der Waals surface area contributed by atoms with E-state index in [2.05, 4.69) is 87.7 Å². The van der Waals surface area contributed by atoms with Crippen LogP contribution < -0.4 is 4.74 Å². The highest BCUT2D eigenvalue weighted by Crippen LogP contribution is 2.32. The second-order valence-corrected chi connectivity index (χ2v) is 10.9. The zero-order valence-corrected chi connectivity index (χ0v) is 22.3. The number of nitrogens with one attached hydrogen (secondary N) is 2. The third kappa shape index (κ3) is 5.43. The van der Waals surface area contributed by atoms with Gasteiger partial charge in [-0.05, 0) is 79.0 Å². The van der Waals surface area contributed by atoms with Crippen LogP contribution in [0, 0.1) is 5.92 Å².